The maximum absolute atomic E-state index is 12.5. The predicted octanol–water partition coefficient (Wildman–Crippen LogP) is 2.33. The number of amides is 2. The van der Waals surface area contributed by atoms with Crippen LogP contribution in [0, 0.1) is 6.92 Å². The molecule has 1 aliphatic rings. The quantitative estimate of drug-likeness (QED) is 0.720. The van der Waals surface area contributed by atoms with Gasteiger partial charge < -0.3 is 5.32 Å². The molecule has 4 rings (SSSR count). The monoisotopic (exact) mass is 393 g/mol. The van der Waals surface area contributed by atoms with Crippen molar-refractivity contribution >= 4 is 29.3 Å². The molecule has 0 radical (unpaired) electrons. The number of hydrogen-bond donors (Lipinski definition) is 1. The van der Waals surface area contributed by atoms with Gasteiger partial charge >= 0.3 is 0 Å². The molecule has 3 aromatic rings. The fourth-order valence-electron chi connectivity index (χ4n) is 3.09. The standard InChI is InChI=1S/C20H19N5O2S/c1-14-19-20(25(23-14)16-7-3-2-4-8-16)28-13-18(27)24(19)12-17(26)22-11-15-6-5-9-21-10-15/h2-10H,11-13H2,1H3,(H,22,26). The molecule has 8 heteroatoms. The summed E-state index contributed by atoms with van der Waals surface area (Å²) in [4.78, 5) is 30.6. The van der Waals surface area contributed by atoms with Crippen molar-refractivity contribution < 1.29 is 9.59 Å². The Labute approximate surface area is 166 Å². The highest BCUT2D eigenvalue weighted by molar-refractivity contribution is 8.00. The third kappa shape index (κ3) is 3.63. The van der Waals surface area contributed by atoms with Crippen molar-refractivity contribution in [3.63, 3.8) is 0 Å². The summed E-state index contributed by atoms with van der Waals surface area (Å²) < 4.78 is 1.84. The molecule has 1 aromatic carbocycles. The maximum atomic E-state index is 12.5. The Morgan fingerprint density at radius 3 is 2.79 bits per heavy atom. The molecular weight excluding hydrogens is 374 g/mol. The highest BCUT2D eigenvalue weighted by Gasteiger charge is 2.32. The Hall–Kier alpha value is -3.13. The zero-order valence-electron chi connectivity index (χ0n) is 15.3. The Bertz CT molecular complexity index is 1000. The van der Waals surface area contributed by atoms with E-state index in [2.05, 4.69) is 15.4 Å². The van der Waals surface area contributed by atoms with Gasteiger partial charge in [-0.25, -0.2) is 4.68 Å². The molecular formula is C20H19N5O2S. The third-order valence-corrected chi connectivity index (χ3v) is 5.44. The molecule has 3 heterocycles. The molecule has 0 bridgehead atoms. The van der Waals surface area contributed by atoms with E-state index in [0.717, 1.165) is 22.0 Å². The van der Waals surface area contributed by atoms with Crippen LogP contribution in [-0.2, 0) is 16.1 Å². The SMILES string of the molecule is Cc1nn(-c2ccccc2)c2c1N(CC(=O)NCc1cccnc1)C(=O)CS2. The third-order valence-electron chi connectivity index (χ3n) is 4.41. The second kappa shape index (κ2) is 7.85. The predicted molar refractivity (Wildman–Crippen MR) is 107 cm³/mol. The number of rotatable bonds is 5. The molecule has 142 valence electrons. The summed E-state index contributed by atoms with van der Waals surface area (Å²) >= 11 is 1.45. The van der Waals surface area contributed by atoms with Crippen LogP contribution in [0.3, 0.4) is 0 Å². The molecule has 0 saturated carbocycles. The average molecular weight is 393 g/mol. The van der Waals surface area contributed by atoms with Crippen molar-refractivity contribution in [2.75, 3.05) is 17.2 Å². The van der Waals surface area contributed by atoms with Gasteiger partial charge in [-0.15, -0.1) is 0 Å². The van der Waals surface area contributed by atoms with Crippen LogP contribution in [0.2, 0.25) is 0 Å². The highest BCUT2D eigenvalue weighted by atomic mass is 32.2. The van der Waals surface area contributed by atoms with Crippen LogP contribution in [-0.4, -0.2) is 38.9 Å². The van der Waals surface area contributed by atoms with Gasteiger partial charge in [-0.1, -0.05) is 36.0 Å². The van der Waals surface area contributed by atoms with Gasteiger partial charge in [0.1, 0.15) is 11.6 Å². The number of aromatic nitrogens is 3. The minimum absolute atomic E-state index is 0.0338. The van der Waals surface area contributed by atoms with E-state index >= 15 is 0 Å². The van der Waals surface area contributed by atoms with Gasteiger partial charge in [0.05, 0.1) is 22.8 Å². The number of nitrogens with zero attached hydrogens (tertiary/aromatic N) is 4. The lowest BCUT2D eigenvalue weighted by Crippen LogP contribution is -2.43. The average Bonchev–Trinajstić information content (AvgIpc) is 3.07. The van der Waals surface area contributed by atoms with Gasteiger partial charge in [0.15, 0.2) is 0 Å². The minimum atomic E-state index is -0.220. The number of carbonyl (C=O) groups is 2. The van der Waals surface area contributed by atoms with Crippen molar-refractivity contribution in [3.05, 3.63) is 66.1 Å². The second-order valence-corrected chi connectivity index (χ2v) is 7.36. The molecule has 28 heavy (non-hydrogen) atoms. The molecule has 0 fully saturated rings. The van der Waals surface area contributed by atoms with Crippen LogP contribution in [0.5, 0.6) is 0 Å². The topological polar surface area (TPSA) is 80.1 Å². The van der Waals surface area contributed by atoms with E-state index in [4.69, 9.17) is 0 Å². The summed E-state index contributed by atoms with van der Waals surface area (Å²) in [6.45, 7) is 2.20. The molecule has 1 N–H and O–H groups in total. The summed E-state index contributed by atoms with van der Waals surface area (Å²) in [5, 5.41) is 8.34. The molecule has 0 saturated heterocycles. The molecule has 0 spiro atoms. The van der Waals surface area contributed by atoms with Crippen LogP contribution >= 0.6 is 11.8 Å². The maximum Gasteiger partial charge on any atom is 0.240 e. The summed E-state index contributed by atoms with van der Waals surface area (Å²) in [5.41, 5.74) is 3.26. The minimum Gasteiger partial charge on any atom is -0.350 e. The van der Waals surface area contributed by atoms with Crippen LogP contribution in [0.1, 0.15) is 11.3 Å². The summed E-state index contributed by atoms with van der Waals surface area (Å²) in [6, 6.07) is 13.5. The van der Waals surface area contributed by atoms with Crippen LogP contribution in [0.15, 0.2) is 59.9 Å². The summed E-state index contributed by atoms with van der Waals surface area (Å²) in [6.07, 6.45) is 3.39. The lowest BCUT2D eigenvalue weighted by Gasteiger charge is -2.27. The van der Waals surface area contributed by atoms with Crippen molar-refractivity contribution in [3.8, 4) is 5.69 Å². The van der Waals surface area contributed by atoms with E-state index in [1.54, 1.807) is 12.4 Å². The fourth-order valence-corrected chi connectivity index (χ4v) is 4.16. The first kappa shape index (κ1) is 18.2. The molecule has 2 aromatic heterocycles. The number of aryl methyl sites for hydroxylation is 1. The lowest BCUT2D eigenvalue weighted by atomic mass is 10.3. The van der Waals surface area contributed by atoms with Gasteiger partial charge in [0.2, 0.25) is 11.8 Å². The number of thioether (sulfide) groups is 1. The Balaban J connectivity index is 1.55. The second-order valence-electron chi connectivity index (χ2n) is 6.39. The normalized spacial score (nSPS) is 13.3. The van der Waals surface area contributed by atoms with E-state index in [1.807, 2.05) is 54.1 Å². The first-order valence-corrected chi connectivity index (χ1v) is 9.86. The Morgan fingerprint density at radius 2 is 2.04 bits per heavy atom. The van der Waals surface area contributed by atoms with E-state index in [1.165, 1.54) is 16.7 Å². The molecule has 7 nitrogen and oxygen atoms in total. The van der Waals surface area contributed by atoms with Crippen molar-refractivity contribution in [1.29, 1.82) is 0 Å². The van der Waals surface area contributed by atoms with E-state index in [-0.39, 0.29) is 24.1 Å². The molecule has 2 amide bonds. The number of para-hydroxylation sites is 1. The number of anilines is 1. The smallest absolute Gasteiger partial charge is 0.240 e. The number of benzene rings is 1. The number of fused-ring (bicyclic) bond motifs is 1. The highest BCUT2D eigenvalue weighted by Crippen LogP contribution is 2.39. The van der Waals surface area contributed by atoms with Crippen molar-refractivity contribution in [1.82, 2.24) is 20.1 Å². The number of carbonyl (C=O) groups excluding carboxylic acids is 2. The Kier molecular flexibility index (Phi) is 5.12. The zero-order valence-corrected chi connectivity index (χ0v) is 16.1. The van der Waals surface area contributed by atoms with Gasteiger partial charge in [-0.05, 0) is 30.7 Å². The van der Waals surface area contributed by atoms with Gasteiger partial charge in [0, 0.05) is 18.9 Å². The number of nitrogens with one attached hydrogen (secondary N) is 1. The van der Waals surface area contributed by atoms with E-state index in [9.17, 15) is 9.59 Å². The number of hydrogen-bond acceptors (Lipinski definition) is 5. The first-order chi connectivity index (χ1) is 13.6. The van der Waals surface area contributed by atoms with Gasteiger partial charge in [-0.3, -0.25) is 19.5 Å². The Morgan fingerprint density at radius 1 is 1.21 bits per heavy atom. The largest absolute Gasteiger partial charge is 0.350 e. The fraction of sp³-hybridized carbons (Fsp3) is 0.200. The molecule has 0 atom stereocenters. The van der Waals surface area contributed by atoms with Gasteiger partial charge in [0.25, 0.3) is 0 Å². The zero-order chi connectivity index (χ0) is 19.5. The van der Waals surface area contributed by atoms with Crippen LogP contribution < -0.4 is 10.2 Å². The number of pyridine rings is 1. The van der Waals surface area contributed by atoms with Crippen LogP contribution in [0.25, 0.3) is 5.69 Å². The first-order valence-electron chi connectivity index (χ1n) is 8.87. The lowest BCUT2D eigenvalue weighted by molar-refractivity contribution is -0.123. The van der Waals surface area contributed by atoms with Crippen molar-refractivity contribution in [2.45, 2.75) is 18.5 Å². The van der Waals surface area contributed by atoms with Crippen LogP contribution in [0.4, 0.5) is 5.69 Å². The van der Waals surface area contributed by atoms with E-state index in [0.29, 0.717) is 12.2 Å². The van der Waals surface area contributed by atoms with Crippen molar-refractivity contribution in [2.24, 2.45) is 0 Å². The summed E-state index contributed by atoms with van der Waals surface area (Å²) in [5.74, 6) is -0.0347. The molecule has 1 aliphatic heterocycles. The molecule has 0 aliphatic carbocycles. The van der Waals surface area contributed by atoms with Gasteiger partial charge in [-0.2, -0.15) is 5.10 Å². The summed E-state index contributed by atoms with van der Waals surface area (Å²) in [7, 11) is 0. The molecule has 0 unspecified atom stereocenters. The van der Waals surface area contributed by atoms with E-state index < -0.39 is 0 Å².